The number of hydrogen-bond acceptors (Lipinski definition) is 3. The molecule has 0 spiro atoms. The van der Waals surface area contributed by atoms with E-state index in [0.717, 1.165) is 11.3 Å². The highest BCUT2D eigenvalue weighted by Gasteiger charge is 2.27. The Hall–Kier alpha value is -2.37. The quantitative estimate of drug-likeness (QED) is 0.799. The van der Waals surface area contributed by atoms with E-state index < -0.39 is 12.0 Å². The number of nitrogens with zero attached hydrogens (tertiary/aromatic N) is 1. The number of amides is 2. The number of carbonyl (C=O) groups excluding carboxylic acids is 2. The summed E-state index contributed by atoms with van der Waals surface area (Å²) in [6, 6.07) is 6.77. The SMILES string of the molecule is CCC(C)C(NC(=O)CCN1C(=O)CCc2ccccc21)C(=O)O. The number of carbonyl (C=O) groups is 3. The van der Waals surface area contributed by atoms with Crippen molar-refractivity contribution in [2.75, 3.05) is 11.4 Å². The van der Waals surface area contributed by atoms with Gasteiger partial charge in [0.2, 0.25) is 11.8 Å². The summed E-state index contributed by atoms with van der Waals surface area (Å²) >= 11 is 0. The second-order valence-corrected chi connectivity index (χ2v) is 6.19. The van der Waals surface area contributed by atoms with Gasteiger partial charge in [-0.2, -0.15) is 0 Å². The number of carboxylic acid groups (broad SMARTS) is 1. The molecule has 0 aromatic heterocycles. The zero-order chi connectivity index (χ0) is 17.7. The largest absolute Gasteiger partial charge is 0.480 e. The van der Waals surface area contributed by atoms with Gasteiger partial charge in [-0.05, 0) is 24.0 Å². The predicted octanol–water partition coefficient (Wildman–Crippen LogP) is 1.97. The van der Waals surface area contributed by atoms with Crippen LogP contribution in [0.4, 0.5) is 5.69 Å². The predicted molar refractivity (Wildman–Crippen MR) is 90.8 cm³/mol. The Kier molecular flexibility index (Phi) is 5.95. The molecule has 6 nitrogen and oxygen atoms in total. The van der Waals surface area contributed by atoms with Crippen LogP contribution in [0.15, 0.2) is 24.3 Å². The first-order chi connectivity index (χ1) is 11.4. The van der Waals surface area contributed by atoms with Gasteiger partial charge in [-0.25, -0.2) is 4.79 Å². The van der Waals surface area contributed by atoms with Gasteiger partial charge in [-0.3, -0.25) is 9.59 Å². The van der Waals surface area contributed by atoms with Crippen molar-refractivity contribution in [1.82, 2.24) is 5.32 Å². The van der Waals surface area contributed by atoms with Crippen molar-refractivity contribution in [3.8, 4) is 0 Å². The third-order valence-corrected chi connectivity index (χ3v) is 4.55. The second-order valence-electron chi connectivity index (χ2n) is 6.19. The highest BCUT2D eigenvalue weighted by Crippen LogP contribution is 2.27. The summed E-state index contributed by atoms with van der Waals surface area (Å²) in [6.45, 7) is 3.94. The number of para-hydroxylation sites is 1. The van der Waals surface area contributed by atoms with Crippen molar-refractivity contribution < 1.29 is 19.5 Å². The molecule has 1 aromatic rings. The number of hydrogen-bond donors (Lipinski definition) is 2. The highest BCUT2D eigenvalue weighted by atomic mass is 16.4. The monoisotopic (exact) mass is 332 g/mol. The average molecular weight is 332 g/mol. The summed E-state index contributed by atoms with van der Waals surface area (Å²) in [5, 5.41) is 11.8. The third-order valence-electron chi connectivity index (χ3n) is 4.55. The summed E-state index contributed by atoms with van der Waals surface area (Å²) < 4.78 is 0. The molecule has 1 aromatic carbocycles. The van der Waals surface area contributed by atoms with Crippen molar-refractivity contribution in [3.05, 3.63) is 29.8 Å². The minimum absolute atomic E-state index is 0.00166. The molecule has 0 saturated heterocycles. The Labute approximate surface area is 141 Å². The minimum atomic E-state index is -1.03. The van der Waals surface area contributed by atoms with E-state index in [1.165, 1.54) is 0 Å². The molecule has 24 heavy (non-hydrogen) atoms. The summed E-state index contributed by atoms with van der Waals surface area (Å²) in [6.07, 6.45) is 1.89. The van der Waals surface area contributed by atoms with Gasteiger partial charge in [0.25, 0.3) is 0 Å². The lowest BCUT2D eigenvalue weighted by Gasteiger charge is -2.29. The van der Waals surface area contributed by atoms with Gasteiger partial charge in [-0.1, -0.05) is 38.5 Å². The van der Waals surface area contributed by atoms with E-state index in [4.69, 9.17) is 0 Å². The smallest absolute Gasteiger partial charge is 0.326 e. The fourth-order valence-electron chi connectivity index (χ4n) is 2.88. The van der Waals surface area contributed by atoms with Gasteiger partial charge in [0.15, 0.2) is 0 Å². The van der Waals surface area contributed by atoms with Crippen LogP contribution in [0.1, 0.15) is 38.7 Å². The molecular formula is C18H24N2O4. The molecule has 1 aliphatic rings. The molecule has 2 unspecified atom stereocenters. The van der Waals surface area contributed by atoms with Crippen molar-refractivity contribution in [2.45, 2.75) is 45.6 Å². The summed E-state index contributed by atoms with van der Waals surface area (Å²) in [5.41, 5.74) is 1.94. The fraction of sp³-hybridized carbons (Fsp3) is 0.500. The van der Waals surface area contributed by atoms with Gasteiger partial charge in [0.1, 0.15) is 6.04 Å². The fourth-order valence-corrected chi connectivity index (χ4v) is 2.88. The highest BCUT2D eigenvalue weighted by molar-refractivity contribution is 5.97. The number of rotatable bonds is 7. The zero-order valence-electron chi connectivity index (χ0n) is 14.1. The summed E-state index contributed by atoms with van der Waals surface area (Å²) in [5.74, 6) is -1.53. The van der Waals surface area contributed by atoms with E-state index in [2.05, 4.69) is 5.32 Å². The van der Waals surface area contributed by atoms with Crippen LogP contribution in [-0.4, -0.2) is 35.5 Å². The molecule has 1 aliphatic heterocycles. The third kappa shape index (κ3) is 4.13. The van der Waals surface area contributed by atoms with Crippen LogP contribution in [0.25, 0.3) is 0 Å². The Morgan fingerprint density at radius 2 is 2.00 bits per heavy atom. The molecule has 0 bridgehead atoms. The molecule has 2 rings (SSSR count). The molecule has 0 fully saturated rings. The number of aryl methyl sites for hydroxylation is 1. The van der Waals surface area contributed by atoms with Crippen LogP contribution in [0.5, 0.6) is 0 Å². The van der Waals surface area contributed by atoms with Crippen LogP contribution >= 0.6 is 0 Å². The number of anilines is 1. The molecule has 6 heteroatoms. The lowest BCUT2D eigenvalue weighted by Crippen LogP contribution is -2.46. The summed E-state index contributed by atoms with van der Waals surface area (Å²) in [4.78, 5) is 37.2. The number of fused-ring (bicyclic) bond motifs is 1. The van der Waals surface area contributed by atoms with Crippen molar-refractivity contribution in [1.29, 1.82) is 0 Å². The van der Waals surface area contributed by atoms with E-state index in [9.17, 15) is 19.5 Å². The molecule has 0 saturated carbocycles. The van der Waals surface area contributed by atoms with Crippen molar-refractivity contribution in [3.63, 3.8) is 0 Å². The Morgan fingerprint density at radius 1 is 1.29 bits per heavy atom. The first-order valence-corrected chi connectivity index (χ1v) is 8.34. The molecular weight excluding hydrogens is 308 g/mol. The Morgan fingerprint density at radius 3 is 2.67 bits per heavy atom. The van der Waals surface area contributed by atoms with Crippen molar-refractivity contribution >= 4 is 23.5 Å². The van der Waals surface area contributed by atoms with Gasteiger partial charge in [0, 0.05) is 25.1 Å². The number of benzene rings is 1. The normalized spacial score (nSPS) is 16.2. The standard InChI is InChI=1S/C18H24N2O4/c1-3-12(2)17(18(23)24)19-15(21)10-11-20-14-7-5-4-6-13(14)8-9-16(20)22/h4-7,12,17H,3,8-11H2,1-2H3,(H,19,21)(H,23,24). The maximum atomic E-state index is 12.2. The van der Waals surface area contributed by atoms with Crippen LogP contribution < -0.4 is 10.2 Å². The Balaban J connectivity index is 1.99. The van der Waals surface area contributed by atoms with Crippen LogP contribution in [0, 0.1) is 5.92 Å². The first kappa shape index (κ1) is 18.0. The molecule has 2 amide bonds. The van der Waals surface area contributed by atoms with Crippen LogP contribution in [0.2, 0.25) is 0 Å². The maximum Gasteiger partial charge on any atom is 0.326 e. The topological polar surface area (TPSA) is 86.7 Å². The summed E-state index contributed by atoms with van der Waals surface area (Å²) in [7, 11) is 0. The van der Waals surface area contributed by atoms with E-state index in [1.807, 2.05) is 31.2 Å². The lowest BCUT2D eigenvalue weighted by molar-refractivity contribution is -0.143. The second kappa shape index (κ2) is 7.95. The molecule has 2 N–H and O–H groups in total. The van der Waals surface area contributed by atoms with E-state index in [0.29, 0.717) is 19.3 Å². The van der Waals surface area contributed by atoms with Crippen LogP contribution in [-0.2, 0) is 20.8 Å². The van der Waals surface area contributed by atoms with Crippen molar-refractivity contribution in [2.24, 2.45) is 5.92 Å². The molecule has 130 valence electrons. The van der Waals surface area contributed by atoms with E-state index >= 15 is 0 Å². The molecule has 1 heterocycles. The molecule has 2 atom stereocenters. The molecule has 0 radical (unpaired) electrons. The van der Waals surface area contributed by atoms with Gasteiger partial charge in [-0.15, -0.1) is 0 Å². The first-order valence-electron chi connectivity index (χ1n) is 8.34. The van der Waals surface area contributed by atoms with E-state index in [-0.39, 0.29) is 30.7 Å². The van der Waals surface area contributed by atoms with Gasteiger partial charge in [0.05, 0.1) is 0 Å². The van der Waals surface area contributed by atoms with E-state index in [1.54, 1.807) is 11.8 Å². The maximum absolute atomic E-state index is 12.2. The number of nitrogens with one attached hydrogen (secondary N) is 1. The lowest BCUT2D eigenvalue weighted by atomic mass is 9.99. The Bertz CT molecular complexity index is 629. The minimum Gasteiger partial charge on any atom is -0.480 e. The number of carboxylic acids is 1. The van der Waals surface area contributed by atoms with Gasteiger partial charge >= 0.3 is 5.97 Å². The number of aliphatic carboxylic acids is 1. The zero-order valence-corrected chi connectivity index (χ0v) is 14.1. The van der Waals surface area contributed by atoms with Crippen LogP contribution in [0.3, 0.4) is 0 Å². The van der Waals surface area contributed by atoms with Gasteiger partial charge < -0.3 is 15.3 Å². The average Bonchev–Trinajstić information content (AvgIpc) is 2.57. The molecule has 0 aliphatic carbocycles.